The molecule has 0 aliphatic carbocycles. The smallest absolute Gasteiger partial charge is 0.253 e. The molecule has 2 amide bonds. The van der Waals surface area contributed by atoms with Crippen LogP contribution >= 0.6 is 0 Å². The minimum Gasteiger partial charge on any atom is -0.366 e. The summed E-state index contributed by atoms with van der Waals surface area (Å²) in [4.78, 5) is 28.6. The Balaban J connectivity index is 1.59. The number of nitrogens with one attached hydrogen (secondary N) is 1. The number of amides is 2. The molecule has 1 N–H and O–H groups in total. The lowest BCUT2D eigenvalue weighted by Gasteiger charge is -2.40. The first-order chi connectivity index (χ1) is 10.3. The van der Waals surface area contributed by atoms with Gasteiger partial charge in [-0.1, -0.05) is 0 Å². The van der Waals surface area contributed by atoms with Gasteiger partial charge in [0.1, 0.15) is 6.10 Å². The SMILES string of the molecule is O=C1NCCCC1N1CCOC(C(=O)N2CCCCC2)C1. The average Bonchev–Trinajstić information content (AvgIpc) is 2.55. The first-order valence-corrected chi connectivity index (χ1v) is 8.18. The Kier molecular flexibility index (Phi) is 4.75. The van der Waals surface area contributed by atoms with Crippen molar-refractivity contribution in [2.45, 2.75) is 44.2 Å². The van der Waals surface area contributed by atoms with Crippen molar-refractivity contribution in [2.75, 3.05) is 39.3 Å². The molecule has 0 radical (unpaired) electrons. The highest BCUT2D eigenvalue weighted by Crippen LogP contribution is 2.18. The second kappa shape index (κ2) is 6.75. The highest BCUT2D eigenvalue weighted by Gasteiger charge is 2.36. The van der Waals surface area contributed by atoms with Gasteiger partial charge < -0.3 is 15.0 Å². The van der Waals surface area contributed by atoms with Gasteiger partial charge in [-0.05, 0) is 32.1 Å². The summed E-state index contributed by atoms with van der Waals surface area (Å²) in [7, 11) is 0. The molecule has 118 valence electrons. The van der Waals surface area contributed by atoms with Crippen molar-refractivity contribution in [3.63, 3.8) is 0 Å². The third-order valence-corrected chi connectivity index (χ3v) is 4.74. The van der Waals surface area contributed by atoms with E-state index in [2.05, 4.69) is 10.2 Å². The molecule has 21 heavy (non-hydrogen) atoms. The summed E-state index contributed by atoms with van der Waals surface area (Å²) in [5.74, 6) is 0.211. The van der Waals surface area contributed by atoms with Crippen LogP contribution in [0.5, 0.6) is 0 Å². The Morgan fingerprint density at radius 2 is 1.95 bits per heavy atom. The zero-order chi connectivity index (χ0) is 14.7. The summed E-state index contributed by atoms with van der Waals surface area (Å²) in [5, 5.41) is 2.92. The summed E-state index contributed by atoms with van der Waals surface area (Å²) in [5.41, 5.74) is 0. The maximum Gasteiger partial charge on any atom is 0.253 e. The molecule has 0 aromatic carbocycles. The monoisotopic (exact) mass is 295 g/mol. The molecule has 0 bridgehead atoms. The second-order valence-corrected chi connectivity index (χ2v) is 6.19. The number of hydrogen-bond donors (Lipinski definition) is 1. The standard InChI is InChI=1S/C15H25N3O3/c19-14-12(5-4-6-16-14)18-9-10-21-13(11-18)15(20)17-7-2-1-3-8-17/h12-13H,1-11H2,(H,16,19). The Bertz CT molecular complexity index is 396. The number of rotatable bonds is 2. The fourth-order valence-electron chi connectivity index (χ4n) is 3.52. The Morgan fingerprint density at radius 1 is 1.14 bits per heavy atom. The van der Waals surface area contributed by atoms with Crippen LogP contribution in [-0.4, -0.2) is 73.1 Å². The molecule has 3 fully saturated rings. The van der Waals surface area contributed by atoms with Gasteiger partial charge in [-0.15, -0.1) is 0 Å². The van der Waals surface area contributed by atoms with Gasteiger partial charge in [-0.2, -0.15) is 0 Å². The van der Waals surface area contributed by atoms with Crippen LogP contribution in [0.3, 0.4) is 0 Å². The fraction of sp³-hybridized carbons (Fsp3) is 0.867. The third kappa shape index (κ3) is 3.37. The van der Waals surface area contributed by atoms with E-state index >= 15 is 0 Å². The molecular weight excluding hydrogens is 270 g/mol. The van der Waals surface area contributed by atoms with E-state index in [1.807, 2.05) is 4.90 Å². The Labute approximate surface area is 125 Å². The van der Waals surface area contributed by atoms with E-state index in [0.29, 0.717) is 13.2 Å². The van der Waals surface area contributed by atoms with Gasteiger partial charge in [0.15, 0.2) is 0 Å². The molecule has 0 spiro atoms. The number of piperidine rings is 2. The van der Waals surface area contributed by atoms with E-state index in [4.69, 9.17) is 4.74 Å². The Hall–Kier alpha value is -1.14. The predicted octanol–water partition coefficient (Wildman–Crippen LogP) is -0.0217. The van der Waals surface area contributed by atoms with Crippen LogP contribution in [0.4, 0.5) is 0 Å². The van der Waals surface area contributed by atoms with Crippen LogP contribution in [0.2, 0.25) is 0 Å². The van der Waals surface area contributed by atoms with Gasteiger partial charge in [0, 0.05) is 32.7 Å². The van der Waals surface area contributed by atoms with Crippen molar-refractivity contribution in [3.05, 3.63) is 0 Å². The summed E-state index contributed by atoms with van der Waals surface area (Å²) in [6.07, 6.45) is 4.89. The minimum atomic E-state index is -0.397. The molecule has 2 atom stereocenters. The summed E-state index contributed by atoms with van der Waals surface area (Å²) in [6.45, 7) is 4.30. The van der Waals surface area contributed by atoms with Crippen LogP contribution in [0.15, 0.2) is 0 Å². The number of likely N-dealkylation sites (tertiary alicyclic amines) is 1. The first kappa shape index (κ1) is 14.8. The quantitative estimate of drug-likeness (QED) is 0.778. The van der Waals surface area contributed by atoms with Gasteiger partial charge in [0.25, 0.3) is 5.91 Å². The van der Waals surface area contributed by atoms with Crippen molar-refractivity contribution >= 4 is 11.8 Å². The lowest BCUT2D eigenvalue weighted by molar-refractivity contribution is -0.154. The van der Waals surface area contributed by atoms with Gasteiger partial charge in [0.05, 0.1) is 12.6 Å². The molecule has 0 saturated carbocycles. The third-order valence-electron chi connectivity index (χ3n) is 4.74. The molecule has 6 heteroatoms. The van der Waals surface area contributed by atoms with E-state index < -0.39 is 6.10 Å². The maximum atomic E-state index is 12.5. The number of ether oxygens (including phenoxy) is 1. The van der Waals surface area contributed by atoms with Gasteiger partial charge in [0.2, 0.25) is 5.91 Å². The second-order valence-electron chi connectivity index (χ2n) is 6.19. The Morgan fingerprint density at radius 3 is 2.71 bits per heavy atom. The van der Waals surface area contributed by atoms with Gasteiger partial charge >= 0.3 is 0 Å². The van der Waals surface area contributed by atoms with Crippen molar-refractivity contribution in [1.29, 1.82) is 0 Å². The normalized spacial score (nSPS) is 31.8. The highest BCUT2D eigenvalue weighted by atomic mass is 16.5. The zero-order valence-electron chi connectivity index (χ0n) is 12.6. The van der Waals surface area contributed by atoms with Crippen LogP contribution in [0.1, 0.15) is 32.1 Å². The summed E-state index contributed by atoms with van der Waals surface area (Å²) >= 11 is 0. The van der Waals surface area contributed by atoms with E-state index in [-0.39, 0.29) is 17.9 Å². The maximum absolute atomic E-state index is 12.5. The molecule has 2 unspecified atom stereocenters. The van der Waals surface area contributed by atoms with E-state index in [9.17, 15) is 9.59 Å². The number of carbonyl (C=O) groups is 2. The van der Waals surface area contributed by atoms with Crippen LogP contribution in [0.25, 0.3) is 0 Å². The molecular formula is C15H25N3O3. The fourth-order valence-corrected chi connectivity index (χ4v) is 3.52. The predicted molar refractivity (Wildman–Crippen MR) is 77.8 cm³/mol. The molecule has 6 nitrogen and oxygen atoms in total. The summed E-state index contributed by atoms with van der Waals surface area (Å²) < 4.78 is 5.68. The minimum absolute atomic E-state index is 0.0840. The molecule has 3 rings (SSSR count). The van der Waals surface area contributed by atoms with E-state index in [0.717, 1.165) is 51.9 Å². The molecule has 3 saturated heterocycles. The van der Waals surface area contributed by atoms with Crippen molar-refractivity contribution < 1.29 is 14.3 Å². The average molecular weight is 295 g/mol. The number of morpholine rings is 1. The van der Waals surface area contributed by atoms with Crippen LogP contribution < -0.4 is 5.32 Å². The van der Waals surface area contributed by atoms with Gasteiger partial charge in [-0.3, -0.25) is 14.5 Å². The van der Waals surface area contributed by atoms with Crippen molar-refractivity contribution in [3.8, 4) is 0 Å². The zero-order valence-corrected chi connectivity index (χ0v) is 12.6. The lowest BCUT2D eigenvalue weighted by atomic mass is 10.0. The van der Waals surface area contributed by atoms with Crippen molar-refractivity contribution in [1.82, 2.24) is 15.1 Å². The number of nitrogens with zero attached hydrogens (tertiary/aromatic N) is 2. The molecule has 0 aromatic heterocycles. The summed E-state index contributed by atoms with van der Waals surface area (Å²) in [6, 6.07) is -0.0840. The molecule has 0 aromatic rings. The molecule has 3 heterocycles. The largest absolute Gasteiger partial charge is 0.366 e. The first-order valence-electron chi connectivity index (χ1n) is 8.18. The molecule has 3 aliphatic rings. The van der Waals surface area contributed by atoms with Gasteiger partial charge in [-0.25, -0.2) is 0 Å². The van der Waals surface area contributed by atoms with E-state index in [1.54, 1.807) is 0 Å². The van der Waals surface area contributed by atoms with Crippen LogP contribution in [0, 0.1) is 0 Å². The lowest BCUT2D eigenvalue weighted by Crippen LogP contribution is -2.58. The van der Waals surface area contributed by atoms with Crippen LogP contribution in [-0.2, 0) is 14.3 Å². The topological polar surface area (TPSA) is 61.9 Å². The molecule has 3 aliphatic heterocycles. The van der Waals surface area contributed by atoms with Crippen molar-refractivity contribution in [2.24, 2.45) is 0 Å². The number of hydrogen-bond acceptors (Lipinski definition) is 4. The van der Waals surface area contributed by atoms with E-state index in [1.165, 1.54) is 6.42 Å². The number of carbonyl (C=O) groups excluding carboxylic acids is 2. The highest BCUT2D eigenvalue weighted by molar-refractivity contribution is 5.83.